The summed E-state index contributed by atoms with van der Waals surface area (Å²) in [5.41, 5.74) is 4.52. The van der Waals surface area contributed by atoms with Crippen molar-refractivity contribution in [3.05, 3.63) is 36.2 Å². The molecular weight excluding hydrogens is 238 g/mol. The van der Waals surface area contributed by atoms with Crippen LogP contribution in [0.4, 0.5) is 0 Å². The molecule has 1 unspecified atom stereocenters. The average molecular weight is 253 g/mol. The molecule has 0 saturated carbocycles. The average Bonchev–Trinajstić information content (AvgIpc) is 3.00. The quantitative estimate of drug-likeness (QED) is 0.723. The summed E-state index contributed by atoms with van der Waals surface area (Å²) in [7, 11) is 0. The Bertz CT molecular complexity index is 739. The fourth-order valence-electron chi connectivity index (χ4n) is 2.80. The van der Waals surface area contributed by atoms with Crippen LogP contribution in [0.3, 0.4) is 0 Å². The summed E-state index contributed by atoms with van der Waals surface area (Å²) < 4.78 is 1.83. The lowest BCUT2D eigenvalue weighted by Gasteiger charge is -2.15. The topological polar surface area (TPSA) is 58.9 Å². The molecule has 1 aliphatic rings. The first-order valence-corrected chi connectivity index (χ1v) is 6.67. The Kier molecular flexibility index (Phi) is 2.21. The zero-order valence-corrected chi connectivity index (χ0v) is 10.8. The van der Waals surface area contributed by atoms with Crippen molar-refractivity contribution in [3.8, 4) is 11.4 Å². The van der Waals surface area contributed by atoms with Gasteiger partial charge in [-0.2, -0.15) is 5.10 Å². The van der Waals surface area contributed by atoms with Gasteiger partial charge in [0.05, 0.1) is 29.2 Å². The highest BCUT2D eigenvalue weighted by molar-refractivity contribution is 5.75. The van der Waals surface area contributed by atoms with Crippen molar-refractivity contribution >= 4 is 5.52 Å². The van der Waals surface area contributed by atoms with E-state index in [4.69, 9.17) is 4.98 Å². The van der Waals surface area contributed by atoms with Crippen LogP contribution in [0.1, 0.15) is 24.7 Å². The van der Waals surface area contributed by atoms with Gasteiger partial charge in [0.25, 0.3) is 0 Å². The number of aromatic amines is 1. The minimum atomic E-state index is 0.742. The van der Waals surface area contributed by atoms with Crippen molar-refractivity contribution in [1.29, 1.82) is 0 Å². The van der Waals surface area contributed by atoms with E-state index in [-0.39, 0.29) is 0 Å². The van der Waals surface area contributed by atoms with Crippen LogP contribution in [0.15, 0.2) is 24.8 Å². The van der Waals surface area contributed by atoms with Crippen LogP contribution in [0.5, 0.6) is 0 Å². The lowest BCUT2D eigenvalue weighted by atomic mass is 9.92. The van der Waals surface area contributed by atoms with Gasteiger partial charge in [-0.05, 0) is 25.2 Å². The number of aromatic nitrogens is 5. The number of H-pyrrole nitrogens is 1. The maximum Gasteiger partial charge on any atom is 0.141 e. The molecule has 5 heteroatoms. The molecule has 0 aliphatic heterocycles. The van der Waals surface area contributed by atoms with E-state index in [2.05, 4.69) is 22.0 Å². The Morgan fingerprint density at radius 2 is 2.32 bits per heavy atom. The number of rotatable bonds is 1. The molecule has 0 aromatic carbocycles. The summed E-state index contributed by atoms with van der Waals surface area (Å²) in [4.78, 5) is 12.4. The predicted octanol–water partition coefficient (Wildman–Crippen LogP) is 2.24. The van der Waals surface area contributed by atoms with Gasteiger partial charge in [-0.15, -0.1) is 0 Å². The monoisotopic (exact) mass is 253 g/mol. The molecule has 0 saturated heterocycles. The van der Waals surface area contributed by atoms with Gasteiger partial charge in [-0.1, -0.05) is 6.92 Å². The summed E-state index contributed by atoms with van der Waals surface area (Å²) in [6.45, 7) is 2.29. The molecule has 5 nitrogen and oxygen atoms in total. The van der Waals surface area contributed by atoms with Crippen LogP contribution in [-0.2, 0) is 12.8 Å². The Balaban J connectivity index is 1.84. The summed E-state index contributed by atoms with van der Waals surface area (Å²) in [6.07, 6.45) is 10.7. The summed E-state index contributed by atoms with van der Waals surface area (Å²) in [5, 5.41) is 4.33. The number of hydrogen-bond donors (Lipinski definition) is 1. The van der Waals surface area contributed by atoms with E-state index in [9.17, 15) is 0 Å². The minimum absolute atomic E-state index is 0.742. The standard InChI is InChI=1S/C14H15N5/c1-9-2-3-11-12(6-9)18-14(17-11)10-7-16-19-5-4-15-8-13(10)19/h4-5,7-9H,2-3,6H2,1H3,(H,17,18). The van der Waals surface area contributed by atoms with Gasteiger partial charge in [-0.25, -0.2) is 9.50 Å². The molecule has 0 amide bonds. The van der Waals surface area contributed by atoms with Gasteiger partial charge in [0.1, 0.15) is 5.82 Å². The van der Waals surface area contributed by atoms with Gasteiger partial charge in [0, 0.05) is 18.1 Å². The van der Waals surface area contributed by atoms with Crippen LogP contribution < -0.4 is 0 Å². The van der Waals surface area contributed by atoms with Gasteiger partial charge < -0.3 is 4.98 Å². The number of nitrogens with zero attached hydrogens (tertiary/aromatic N) is 4. The lowest BCUT2D eigenvalue weighted by Crippen LogP contribution is -2.10. The molecule has 0 fully saturated rings. The van der Waals surface area contributed by atoms with Gasteiger partial charge >= 0.3 is 0 Å². The van der Waals surface area contributed by atoms with Crippen LogP contribution in [0.2, 0.25) is 0 Å². The maximum atomic E-state index is 4.74. The first-order chi connectivity index (χ1) is 9.31. The molecule has 0 bridgehead atoms. The van der Waals surface area contributed by atoms with Crippen LogP contribution in [0.25, 0.3) is 16.9 Å². The molecule has 3 heterocycles. The summed E-state index contributed by atoms with van der Waals surface area (Å²) >= 11 is 0. The van der Waals surface area contributed by atoms with E-state index >= 15 is 0 Å². The third-order valence-corrected chi connectivity index (χ3v) is 3.87. The lowest BCUT2D eigenvalue weighted by molar-refractivity contribution is 0.492. The van der Waals surface area contributed by atoms with Gasteiger partial charge in [0.15, 0.2) is 0 Å². The van der Waals surface area contributed by atoms with Gasteiger partial charge in [-0.3, -0.25) is 4.98 Å². The highest BCUT2D eigenvalue weighted by atomic mass is 15.2. The van der Waals surface area contributed by atoms with Crippen molar-refractivity contribution in [2.75, 3.05) is 0 Å². The van der Waals surface area contributed by atoms with E-state index in [0.717, 1.165) is 35.7 Å². The van der Waals surface area contributed by atoms with Gasteiger partial charge in [0.2, 0.25) is 0 Å². The third-order valence-electron chi connectivity index (χ3n) is 3.87. The molecule has 19 heavy (non-hydrogen) atoms. The highest BCUT2D eigenvalue weighted by Gasteiger charge is 2.20. The van der Waals surface area contributed by atoms with Crippen molar-refractivity contribution in [1.82, 2.24) is 24.6 Å². The second-order valence-electron chi connectivity index (χ2n) is 5.32. The molecule has 1 aliphatic carbocycles. The Labute approximate surface area is 110 Å². The maximum absolute atomic E-state index is 4.74. The summed E-state index contributed by atoms with van der Waals surface area (Å²) in [6, 6.07) is 0. The number of imidazole rings is 1. The predicted molar refractivity (Wildman–Crippen MR) is 71.8 cm³/mol. The molecule has 96 valence electrons. The number of fused-ring (bicyclic) bond motifs is 2. The van der Waals surface area contributed by atoms with Crippen molar-refractivity contribution in [3.63, 3.8) is 0 Å². The molecule has 3 aromatic heterocycles. The van der Waals surface area contributed by atoms with E-state index in [0.29, 0.717) is 0 Å². The molecule has 3 aromatic rings. The zero-order valence-electron chi connectivity index (χ0n) is 10.8. The Morgan fingerprint density at radius 1 is 1.37 bits per heavy atom. The molecule has 0 spiro atoms. The molecule has 0 radical (unpaired) electrons. The molecule has 1 N–H and O–H groups in total. The second-order valence-corrected chi connectivity index (χ2v) is 5.32. The van der Waals surface area contributed by atoms with E-state index in [1.54, 1.807) is 6.20 Å². The first kappa shape index (κ1) is 10.7. The third kappa shape index (κ3) is 1.65. The van der Waals surface area contributed by atoms with Crippen molar-refractivity contribution in [2.45, 2.75) is 26.2 Å². The Morgan fingerprint density at radius 3 is 3.26 bits per heavy atom. The molecule has 1 atom stereocenters. The first-order valence-electron chi connectivity index (χ1n) is 6.67. The zero-order chi connectivity index (χ0) is 12.8. The largest absolute Gasteiger partial charge is 0.341 e. The van der Waals surface area contributed by atoms with Crippen LogP contribution >= 0.6 is 0 Å². The van der Waals surface area contributed by atoms with E-state index in [1.807, 2.05) is 23.1 Å². The van der Waals surface area contributed by atoms with E-state index in [1.165, 1.54) is 17.8 Å². The fourth-order valence-corrected chi connectivity index (χ4v) is 2.80. The highest BCUT2D eigenvalue weighted by Crippen LogP contribution is 2.28. The Hall–Kier alpha value is -2.17. The van der Waals surface area contributed by atoms with Crippen LogP contribution in [-0.4, -0.2) is 24.6 Å². The van der Waals surface area contributed by atoms with E-state index < -0.39 is 0 Å². The molecule has 4 rings (SSSR count). The van der Waals surface area contributed by atoms with Crippen molar-refractivity contribution in [2.24, 2.45) is 5.92 Å². The number of hydrogen-bond acceptors (Lipinski definition) is 3. The number of aryl methyl sites for hydroxylation is 1. The molecular formula is C14H15N5. The smallest absolute Gasteiger partial charge is 0.141 e. The number of nitrogens with one attached hydrogen (secondary N) is 1. The minimum Gasteiger partial charge on any atom is -0.341 e. The second kappa shape index (κ2) is 3.91. The van der Waals surface area contributed by atoms with Crippen molar-refractivity contribution < 1.29 is 0 Å². The normalized spacial score (nSPS) is 18.7. The SMILES string of the molecule is CC1CCc2nc(-c3cnn4ccncc34)[nH]c2C1. The van der Waals surface area contributed by atoms with Crippen LogP contribution in [0, 0.1) is 5.92 Å². The summed E-state index contributed by atoms with van der Waals surface area (Å²) in [5.74, 6) is 1.66. The fraction of sp³-hybridized carbons (Fsp3) is 0.357.